The van der Waals surface area contributed by atoms with Gasteiger partial charge in [-0.3, -0.25) is 9.59 Å². The summed E-state index contributed by atoms with van der Waals surface area (Å²) in [5.74, 6) is 0.154. The van der Waals surface area contributed by atoms with Crippen LogP contribution < -0.4 is 5.32 Å². The number of nitrogens with zero attached hydrogens (tertiary/aromatic N) is 1. The van der Waals surface area contributed by atoms with E-state index >= 15 is 0 Å². The van der Waals surface area contributed by atoms with Gasteiger partial charge in [0, 0.05) is 19.3 Å². The zero-order valence-corrected chi connectivity index (χ0v) is 13.8. The van der Waals surface area contributed by atoms with Crippen LogP contribution in [-0.2, 0) is 14.3 Å². The number of piperazine rings is 1. The summed E-state index contributed by atoms with van der Waals surface area (Å²) < 4.78 is 5.40. The second-order valence-electron chi connectivity index (χ2n) is 7.59. The fourth-order valence-electron chi connectivity index (χ4n) is 3.28. The Morgan fingerprint density at radius 3 is 2.24 bits per heavy atom. The van der Waals surface area contributed by atoms with Gasteiger partial charge in [0.05, 0.1) is 0 Å². The number of hydrogen-bond donors (Lipinski definition) is 1. The van der Waals surface area contributed by atoms with Crippen molar-refractivity contribution in [2.75, 3.05) is 13.2 Å². The van der Waals surface area contributed by atoms with E-state index in [9.17, 15) is 9.59 Å². The van der Waals surface area contributed by atoms with E-state index in [1.807, 2.05) is 39.5 Å². The second kappa shape index (κ2) is 5.95. The molecule has 5 nitrogen and oxygen atoms in total. The van der Waals surface area contributed by atoms with Gasteiger partial charge in [-0.2, -0.15) is 0 Å². The molecule has 2 atom stereocenters. The monoisotopic (exact) mass is 296 g/mol. The van der Waals surface area contributed by atoms with Crippen molar-refractivity contribution in [3.63, 3.8) is 0 Å². The van der Waals surface area contributed by atoms with Gasteiger partial charge in [-0.05, 0) is 24.2 Å². The normalized spacial score (nSPS) is 29.0. The fourth-order valence-corrected chi connectivity index (χ4v) is 3.28. The summed E-state index contributed by atoms with van der Waals surface area (Å²) in [5, 5.41) is 2.95. The zero-order valence-electron chi connectivity index (χ0n) is 13.8. The standard InChI is InChI=1S/C16H28N2O3/c1-10(2)12-14(19)17-13(16(3,4)5)15(20)18(12)11-6-8-21-9-7-11/h10-13H,6-9H2,1-5H3,(H,17,19). The average Bonchev–Trinajstić information content (AvgIpc) is 2.39. The molecular formula is C16H28N2O3. The van der Waals surface area contributed by atoms with E-state index in [1.165, 1.54) is 0 Å². The Balaban J connectivity index is 2.32. The highest BCUT2D eigenvalue weighted by Gasteiger charge is 2.48. The first-order chi connectivity index (χ1) is 9.73. The molecule has 120 valence electrons. The molecule has 2 heterocycles. The quantitative estimate of drug-likeness (QED) is 0.841. The van der Waals surface area contributed by atoms with Gasteiger partial charge in [0.1, 0.15) is 12.1 Å². The predicted molar refractivity (Wildman–Crippen MR) is 80.7 cm³/mol. The number of carbonyl (C=O) groups is 2. The first-order valence-corrected chi connectivity index (χ1v) is 7.93. The Morgan fingerprint density at radius 1 is 1.19 bits per heavy atom. The van der Waals surface area contributed by atoms with Crippen LogP contribution in [0.15, 0.2) is 0 Å². The molecule has 1 N–H and O–H groups in total. The number of nitrogens with one attached hydrogen (secondary N) is 1. The summed E-state index contributed by atoms with van der Waals surface area (Å²) in [6, 6.07) is -0.684. The highest BCUT2D eigenvalue weighted by molar-refractivity contribution is 5.97. The van der Waals surface area contributed by atoms with Crippen LogP contribution >= 0.6 is 0 Å². The smallest absolute Gasteiger partial charge is 0.246 e. The topological polar surface area (TPSA) is 58.6 Å². The highest BCUT2D eigenvalue weighted by Crippen LogP contribution is 2.30. The van der Waals surface area contributed by atoms with Crippen LogP contribution in [0.25, 0.3) is 0 Å². The van der Waals surface area contributed by atoms with Gasteiger partial charge >= 0.3 is 0 Å². The van der Waals surface area contributed by atoms with Gasteiger partial charge in [-0.15, -0.1) is 0 Å². The van der Waals surface area contributed by atoms with Crippen LogP contribution in [-0.4, -0.2) is 48.1 Å². The first kappa shape index (κ1) is 16.3. The minimum atomic E-state index is -0.442. The first-order valence-electron chi connectivity index (χ1n) is 7.93. The van der Waals surface area contributed by atoms with Crippen LogP contribution in [0.1, 0.15) is 47.5 Å². The fraction of sp³-hybridized carbons (Fsp3) is 0.875. The van der Waals surface area contributed by atoms with Crippen molar-refractivity contribution in [1.82, 2.24) is 10.2 Å². The van der Waals surface area contributed by atoms with Gasteiger partial charge < -0.3 is 15.0 Å². The van der Waals surface area contributed by atoms with Crippen molar-refractivity contribution < 1.29 is 14.3 Å². The Labute approximate surface area is 127 Å². The van der Waals surface area contributed by atoms with E-state index in [2.05, 4.69) is 5.32 Å². The molecule has 2 aliphatic rings. The molecule has 21 heavy (non-hydrogen) atoms. The van der Waals surface area contributed by atoms with Crippen LogP contribution in [0.3, 0.4) is 0 Å². The number of carbonyl (C=O) groups excluding carboxylic acids is 2. The third-order valence-electron chi connectivity index (χ3n) is 4.44. The maximum atomic E-state index is 13.0. The summed E-state index contributed by atoms with van der Waals surface area (Å²) >= 11 is 0. The van der Waals surface area contributed by atoms with Crippen LogP contribution in [0.2, 0.25) is 0 Å². The van der Waals surface area contributed by atoms with Gasteiger partial charge in [0.25, 0.3) is 0 Å². The third kappa shape index (κ3) is 3.23. The molecule has 0 aliphatic carbocycles. The van der Waals surface area contributed by atoms with Crippen molar-refractivity contribution in [3.05, 3.63) is 0 Å². The van der Waals surface area contributed by atoms with E-state index in [4.69, 9.17) is 4.74 Å². The molecule has 2 saturated heterocycles. The van der Waals surface area contributed by atoms with Crippen molar-refractivity contribution in [2.45, 2.75) is 65.6 Å². The molecule has 2 aliphatic heterocycles. The van der Waals surface area contributed by atoms with Gasteiger partial charge in [0.2, 0.25) is 11.8 Å². The van der Waals surface area contributed by atoms with Crippen LogP contribution in [0.4, 0.5) is 0 Å². The average molecular weight is 296 g/mol. The molecule has 0 aromatic carbocycles. The largest absolute Gasteiger partial charge is 0.381 e. The Morgan fingerprint density at radius 2 is 1.76 bits per heavy atom. The molecule has 5 heteroatoms. The lowest BCUT2D eigenvalue weighted by atomic mass is 9.81. The predicted octanol–water partition coefficient (Wildman–Crippen LogP) is 1.56. The molecule has 0 aromatic rings. The van der Waals surface area contributed by atoms with Gasteiger partial charge in [-0.25, -0.2) is 0 Å². The third-order valence-corrected chi connectivity index (χ3v) is 4.44. The van der Waals surface area contributed by atoms with E-state index in [1.54, 1.807) is 0 Å². The molecule has 2 unspecified atom stereocenters. The summed E-state index contributed by atoms with van der Waals surface area (Å²) in [4.78, 5) is 27.4. The Bertz CT molecular complexity index is 408. The van der Waals surface area contributed by atoms with Crippen LogP contribution in [0, 0.1) is 11.3 Å². The maximum Gasteiger partial charge on any atom is 0.246 e. The lowest BCUT2D eigenvalue weighted by molar-refractivity contribution is -0.159. The second-order valence-corrected chi connectivity index (χ2v) is 7.59. The zero-order chi connectivity index (χ0) is 15.8. The molecule has 0 bridgehead atoms. The van der Waals surface area contributed by atoms with Crippen molar-refractivity contribution >= 4 is 11.8 Å². The molecular weight excluding hydrogens is 268 g/mol. The number of hydrogen-bond acceptors (Lipinski definition) is 3. The summed E-state index contributed by atoms with van der Waals surface area (Å²) in [5.41, 5.74) is -0.280. The molecule has 2 fully saturated rings. The van der Waals surface area contributed by atoms with Crippen molar-refractivity contribution in [1.29, 1.82) is 0 Å². The molecule has 2 amide bonds. The lowest BCUT2D eigenvalue weighted by Crippen LogP contribution is -2.70. The lowest BCUT2D eigenvalue weighted by Gasteiger charge is -2.48. The molecule has 0 radical (unpaired) electrons. The number of amides is 2. The summed E-state index contributed by atoms with van der Waals surface area (Å²) in [6.07, 6.45) is 1.64. The molecule has 0 saturated carbocycles. The minimum absolute atomic E-state index is 0.0176. The van der Waals surface area contributed by atoms with E-state index in [0.717, 1.165) is 12.8 Å². The maximum absolute atomic E-state index is 13.0. The molecule has 2 rings (SSSR count). The van der Waals surface area contributed by atoms with Crippen molar-refractivity contribution in [3.8, 4) is 0 Å². The van der Waals surface area contributed by atoms with Gasteiger partial charge in [0.15, 0.2) is 0 Å². The van der Waals surface area contributed by atoms with E-state index in [-0.39, 0.29) is 35.2 Å². The highest BCUT2D eigenvalue weighted by atomic mass is 16.5. The minimum Gasteiger partial charge on any atom is -0.381 e. The van der Waals surface area contributed by atoms with E-state index < -0.39 is 6.04 Å². The summed E-state index contributed by atoms with van der Waals surface area (Å²) in [7, 11) is 0. The number of ether oxygens (including phenoxy) is 1. The summed E-state index contributed by atoms with van der Waals surface area (Å²) in [6.45, 7) is 11.3. The Kier molecular flexibility index (Phi) is 4.61. The SMILES string of the molecule is CC(C)C1C(=O)NC(C(C)(C)C)C(=O)N1C1CCOCC1. The molecule has 0 spiro atoms. The Hall–Kier alpha value is -1.10. The van der Waals surface area contributed by atoms with Gasteiger partial charge in [-0.1, -0.05) is 34.6 Å². The number of rotatable bonds is 2. The molecule has 0 aromatic heterocycles. The van der Waals surface area contributed by atoms with E-state index in [0.29, 0.717) is 13.2 Å². The van der Waals surface area contributed by atoms with Crippen LogP contribution in [0.5, 0.6) is 0 Å². The van der Waals surface area contributed by atoms with Crippen molar-refractivity contribution in [2.24, 2.45) is 11.3 Å².